The van der Waals surface area contributed by atoms with Crippen molar-refractivity contribution in [1.82, 2.24) is 9.55 Å². The predicted octanol–water partition coefficient (Wildman–Crippen LogP) is 0.911. The molecule has 0 unspecified atom stereocenters. The van der Waals surface area contributed by atoms with Crippen LogP contribution in [0.5, 0.6) is 0 Å². The number of aromatic amines is 1. The third-order valence-corrected chi connectivity index (χ3v) is 3.19. The molecule has 1 aromatic carbocycles. The van der Waals surface area contributed by atoms with Crippen LogP contribution in [0.4, 0.5) is 0 Å². The molecular formula is C15H16N2O4. The maximum atomic E-state index is 11.7. The summed E-state index contributed by atoms with van der Waals surface area (Å²) in [7, 11) is 0. The summed E-state index contributed by atoms with van der Waals surface area (Å²) in [5.41, 5.74) is 1.50. The van der Waals surface area contributed by atoms with Gasteiger partial charge in [0.2, 0.25) is 0 Å². The van der Waals surface area contributed by atoms with Crippen molar-refractivity contribution < 1.29 is 9.90 Å². The van der Waals surface area contributed by atoms with Gasteiger partial charge in [-0.1, -0.05) is 24.3 Å². The molecule has 2 rings (SSSR count). The highest BCUT2D eigenvalue weighted by molar-refractivity contribution is 5.67. The zero-order valence-corrected chi connectivity index (χ0v) is 11.6. The average Bonchev–Trinajstić information content (AvgIpc) is 2.44. The summed E-state index contributed by atoms with van der Waals surface area (Å²) in [6.07, 6.45) is 2.10. The monoisotopic (exact) mass is 288 g/mol. The van der Waals surface area contributed by atoms with Gasteiger partial charge in [0.1, 0.15) is 0 Å². The second-order valence-electron chi connectivity index (χ2n) is 4.91. The van der Waals surface area contributed by atoms with E-state index in [1.54, 1.807) is 6.92 Å². The third kappa shape index (κ3) is 3.92. The van der Waals surface area contributed by atoms with Gasteiger partial charge in [0.05, 0.1) is 6.54 Å². The molecule has 0 atom stereocenters. The lowest BCUT2D eigenvalue weighted by Crippen LogP contribution is -2.31. The molecule has 0 bridgehead atoms. The van der Waals surface area contributed by atoms with Crippen LogP contribution in [0.25, 0.3) is 0 Å². The number of carboxylic acid groups (broad SMARTS) is 1. The summed E-state index contributed by atoms with van der Waals surface area (Å²) in [6, 6.07) is 7.40. The SMILES string of the molecule is Cc1cn(Cc2ccc(CCC(=O)O)cc2)c(=O)[nH]c1=O. The maximum absolute atomic E-state index is 11.7. The van der Waals surface area contributed by atoms with Crippen molar-refractivity contribution >= 4 is 5.97 Å². The zero-order valence-electron chi connectivity index (χ0n) is 11.6. The van der Waals surface area contributed by atoms with Crippen molar-refractivity contribution in [1.29, 1.82) is 0 Å². The number of carbonyl (C=O) groups is 1. The highest BCUT2D eigenvalue weighted by Crippen LogP contribution is 2.08. The third-order valence-electron chi connectivity index (χ3n) is 3.19. The Balaban J connectivity index is 2.14. The smallest absolute Gasteiger partial charge is 0.328 e. The highest BCUT2D eigenvalue weighted by atomic mass is 16.4. The minimum atomic E-state index is -0.825. The summed E-state index contributed by atoms with van der Waals surface area (Å²) in [5, 5.41) is 8.64. The van der Waals surface area contributed by atoms with Gasteiger partial charge < -0.3 is 5.11 Å². The van der Waals surface area contributed by atoms with E-state index >= 15 is 0 Å². The van der Waals surface area contributed by atoms with Crippen LogP contribution in [0.15, 0.2) is 40.1 Å². The Morgan fingerprint density at radius 3 is 2.43 bits per heavy atom. The van der Waals surface area contributed by atoms with Gasteiger partial charge in [0, 0.05) is 18.2 Å². The van der Waals surface area contributed by atoms with Crippen molar-refractivity contribution in [3.63, 3.8) is 0 Å². The fourth-order valence-corrected chi connectivity index (χ4v) is 2.00. The largest absolute Gasteiger partial charge is 0.481 e. The molecule has 0 amide bonds. The number of aliphatic carboxylic acids is 1. The van der Waals surface area contributed by atoms with Crippen molar-refractivity contribution in [2.45, 2.75) is 26.3 Å². The predicted molar refractivity (Wildman–Crippen MR) is 77.6 cm³/mol. The van der Waals surface area contributed by atoms with Crippen molar-refractivity contribution in [2.75, 3.05) is 0 Å². The number of hydrogen-bond donors (Lipinski definition) is 2. The van der Waals surface area contributed by atoms with Crippen molar-refractivity contribution in [2.24, 2.45) is 0 Å². The number of rotatable bonds is 5. The fourth-order valence-electron chi connectivity index (χ4n) is 2.00. The first-order valence-electron chi connectivity index (χ1n) is 6.55. The number of aryl methyl sites for hydroxylation is 2. The number of benzene rings is 1. The van der Waals surface area contributed by atoms with Crippen LogP contribution in [-0.4, -0.2) is 20.6 Å². The van der Waals surface area contributed by atoms with E-state index < -0.39 is 11.7 Å². The Morgan fingerprint density at radius 1 is 1.19 bits per heavy atom. The number of nitrogens with zero attached hydrogens (tertiary/aromatic N) is 1. The first-order chi connectivity index (χ1) is 9.95. The van der Waals surface area contributed by atoms with Crippen LogP contribution in [0.2, 0.25) is 0 Å². The van der Waals surface area contributed by atoms with Crippen LogP contribution in [0.3, 0.4) is 0 Å². The molecular weight excluding hydrogens is 272 g/mol. The molecule has 2 N–H and O–H groups in total. The van der Waals surface area contributed by atoms with E-state index in [9.17, 15) is 14.4 Å². The quantitative estimate of drug-likeness (QED) is 0.855. The summed E-state index contributed by atoms with van der Waals surface area (Å²) in [6.45, 7) is 2.00. The second-order valence-corrected chi connectivity index (χ2v) is 4.91. The van der Waals surface area contributed by atoms with Gasteiger partial charge in [-0.25, -0.2) is 4.79 Å². The van der Waals surface area contributed by atoms with Crippen LogP contribution in [0.1, 0.15) is 23.1 Å². The van der Waals surface area contributed by atoms with E-state index in [4.69, 9.17) is 5.11 Å². The van der Waals surface area contributed by atoms with E-state index in [1.807, 2.05) is 24.3 Å². The molecule has 0 fully saturated rings. The topological polar surface area (TPSA) is 92.2 Å². The van der Waals surface area contributed by atoms with Gasteiger partial charge in [0.25, 0.3) is 5.56 Å². The Hall–Kier alpha value is -2.63. The van der Waals surface area contributed by atoms with Gasteiger partial charge in [-0.2, -0.15) is 0 Å². The van der Waals surface area contributed by atoms with Crippen LogP contribution >= 0.6 is 0 Å². The zero-order chi connectivity index (χ0) is 15.4. The number of carboxylic acids is 1. The molecule has 0 saturated carbocycles. The Morgan fingerprint density at radius 2 is 1.81 bits per heavy atom. The number of aromatic nitrogens is 2. The molecule has 1 aromatic heterocycles. The summed E-state index contributed by atoms with van der Waals surface area (Å²) < 4.78 is 1.43. The Kier molecular flexibility index (Phi) is 4.37. The van der Waals surface area contributed by atoms with E-state index in [1.165, 1.54) is 10.8 Å². The summed E-state index contributed by atoms with van der Waals surface area (Å²) in [5.74, 6) is -0.825. The van der Waals surface area contributed by atoms with E-state index in [-0.39, 0.29) is 12.0 Å². The molecule has 0 radical (unpaired) electrons. The van der Waals surface area contributed by atoms with Gasteiger partial charge >= 0.3 is 11.7 Å². The minimum Gasteiger partial charge on any atom is -0.481 e. The van der Waals surface area contributed by atoms with E-state index in [0.717, 1.165) is 11.1 Å². The van der Waals surface area contributed by atoms with Crippen LogP contribution < -0.4 is 11.2 Å². The minimum absolute atomic E-state index is 0.0952. The molecule has 21 heavy (non-hydrogen) atoms. The van der Waals surface area contributed by atoms with Gasteiger partial charge in [-0.15, -0.1) is 0 Å². The molecule has 0 aliphatic carbocycles. The van der Waals surface area contributed by atoms with Crippen LogP contribution in [-0.2, 0) is 17.8 Å². The molecule has 0 aliphatic heterocycles. The number of hydrogen-bond acceptors (Lipinski definition) is 3. The normalized spacial score (nSPS) is 10.5. The van der Waals surface area contributed by atoms with E-state index in [2.05, 4.69) is 4.98 Å². The lowest BCUT2D eigenvalue weighted by atomic mass is 10.1. The molecule has 2 aromatic rings. The van der Waals surface area contributed by atoms with E-state index in [0.29, 0.717) is 18.5 Å². The van der Waals surface area contributed by atoms with Gasteiger partial charge in [-0.3, -0.25) is 19.1 Å². The first kappa shape index (κ1) is 14.8. The van der Waals surface area contributed by atoms with Crippen molar-refractivity contribution in [3.05, 3.63) is 68.0 Å². The van der Waals surface area contributed by atoms with Gasteiger partial charge in [0.15, 0.2) is 0 Å². The maximum Gasteiger partial charge on any atom is 0.328 e. The molecule has 0 spiro atoms. The molecule has 6 heteroatoms. The molecule has 110 valence electrons. The molecule has 1 heterocycles. The first-order valence-corrected chi connectivity index (χ1v) is 6.55. The van der Waals surface area contributed by atoms with Crippen LogP contribution in [0, 0.1) is 6.92 Å². The van der Waals surface area contributed by atoms with Gasteiger partial charge in [-0.05, 0) is 24.5 Å². The lowest BCUT2D eigenvalue weighted by Gasteiger charge is -2.07. The second kappa shape index (κ2) is 6.21. The molecule has 6 nitrogen and oxygen atoms in total. The molecule has 0 aliphatic rings. The number of nitrogens with one attached hydrogen (secondary N) is 1. The number of H-pyrrole nitrogens is 1. The Labute approximate surface area is 120 Å². The average molecular weight is 288 g/mol. The highest BCUT2D eigenvalue weighted by Gasteiger charge is 2.03. The standard InChI is InChI=1S/C15H16N2O4/c1-10-8-17(15(21)16-14(10)20)9-12-4-2-11(3-5-12)6-7-13(18)19/h2-5,8H,6-7,9H2,1H3,(H,18,19)(H,16,20,21). The van der Waals surface area contributed by atoms with Crippen molar-refractivity contribution in [3.8, 4) is 0 Å². The fraction of sp³-hybridized carbons (Fsp3) is 0.267. The lowest BCUT2D eigenvalue weighted by molar-refractivity contribution is -0.136. The molecule has 0 saturated heterocycles. The summed E-state index contributed by atoms with van der Waals surface area (Å²) in [4.78, 5) is 35.8. The summed E-state index contributed by atoms with van der Waals surface area (Å²) >= 11 is 0. The Bertz CT molecular complexity index is 756.